The third-order valence-corrected chi connectivity index (χ3v) is 24.1. The Morgan fingerprint density at radius 2 is 0.673 bits per heavy atom. The van der Waals surface area contributed by atoms with Crippen molar-refractivity contribution in [1.29, 1.82) is 0 Å². The maximum Gasteiger partial charge on any atom is 0.258 e. The molecule has 0 radical (unpaired) electrons. The minimum atomic E-state index is -2.54. The van der Waals surface area contributed by atoms with E-state index in [4.69, 9.17) is 8.85 Å². The van der Waals surface area contributed by atoms with Crippen LogP contribution in [0, 0.1) is 0 Å². The predicted molar refractivity (Wildman–Crippen MR) is 225 cm³/mol. The summed E-state index contributed by atoms with van der Waals surface area (Å²) in [5.74, 6) is 1.14. The van der Waals surface area contributed by atoms with Crippen LogP contribution in [0.2, 0.25) is 33.2 Å². The zero-order valence-corrected chi connectivity index (χ0v) is 34.7. The molecule has 6 nitrogen and oxygen atoms in total. The molecule has 0 aliphatic heterocycles. The van der Waals surface area contributed by atoms with E-state index < -0.39 is 16.6 Å². The van der Waals surface area contributed by atoms with Crippen molar-refractivity contribution in [1.82, 2.24) is 0 Å². The van der Waals surface area contributed by atoms with E-state index in [0.29, 0.717) is 49.2 Å². The van der Waals surface area contributed by atoms with E-state index in [1.165, 1.54) is 24.3 Å². The Balaban J connectivity index is 1.92. The lowest BCUT2D eigenvalue weighted by molar-refractivity contribution is 0.484. The monoisotopic (exact) mass is 732 g/mol. The number of fused-ring (bicyclic) bond motifs is 9. The van der Waals surface area contributed by atoms with Crippen molar-refractivity contribution < 1.29 is 8.85 Å². The number of hydrogen-bond donors (Lipinski definition) is 0. The molecule has 0 aromatic heterocycles. The second-order valence-corrected chi connectivity index (χ2v) is 27.4. The molecule has 0 aliphatic carbocycles. The molecule has 0 N–H and O–H groups in total. The molecule has 0 aliphatic rings. The average molecular weight is 733 g/mol. The van der Waals surface area contributed by atoms with Gasteiger partial charge in [-0.05, 0) is 80.4 Å². The van der Waals surface area contributed by atoms with Gasteiger partial charge in [0.15, 0.2) is 21.7 Å². The van der Waals surface area contributed by atoms with Crippen LogP contribution in [0.25, 0.3) is 53.9 Å². The summed E-state index contributed by atoms with van der Waals surface area (Å²) >= 11 is 0. The first kappa shape index (κ1) is 37.6. The molecule has 272 valence electrons. The summed E-state index contributed by atoms with van der Waals surface area (Å²) in [6, 6.07) is 16.8. The molecule has 0 spiro atoms. The van der Waals surface area contributed by atoms with E-state index in [0.717, 1.165) is 5.39 Å². The van der Waals surface area contributed by atoms with Crippen LogP contribution in [0.3, 0.4) is 0 Å². The van der Waals surface area contributed by atoms with Crippen LogP contribution in [-0.4, -0.2) is 16.6 Å². The Bertz CT molecular complexity index is 2370. The van der Waals surface area contributed by atoms with Crippen molar-refractivity contribution in [3.63, 3.8) is 0 Å². The molecule has 0 saturated heterocycles. The molecule has 0 saturated carbocycles. The number of benzene rings is 6. The van der Waals surface area contributed by atoms with E-state index >= 15 is 0 Å². The van der Waals surface area contributed by atoms with Gasteiger partial charge in [-0.3, -0.25) is 19.2 Å². The first-order valence-corrected chi connectivity index (χ1v) is 23.1. The summed E-state index contributed by atoms with van der Waals surface area (Å²) in [5.41, 5.74) is 0.419. The molecular weight excluding hydrogens is 681 g/mol. The van der Waals surface area contributed by atoms with Crippen LogP contribution in [-0.2, 0) is 0 Å². The van der Waals surface area contributed by atoms with Gasteiger partial charge in [0.25, 0.3) is 16.6 Å². The van der Waals surface area contributed by atoms with Crippen molar-refractivity contribution in [3.8, 4) is 11.5 Å². The molecule has 6 rings (SSSR count). The van der Waals surface area contributed by atoms with Gasteiger partial charge in [-0.15, -0.1) is 0 Å². The minimum Gasteiger partial charge on any atom is -0.542 e. The van der Waals surface area contributed by atoms with E-state index in [9.17, 15) is 19.2 Å². The Morgan fingerprint density at radius 3 is 0.981 bits per heavy atom. The molecule has 0 bridgehead atoms. The second-order valence-electron chi connectivity index (χ2n) is 16.6. The molecule has 0 unspecified atom stereocenters. The van der Waals surface area contributed by atoms with Gasteiger partial charge < -0.3 is 8.85 Å². The highest BCUT2D eigenvalue weighted by Crippen LogP contribution is 2.49. The topological polar surface area (TPSA) is 86.7 Å². The second kappa shape index (κ2) is 13.4. The highest BCUT2D eigenvalue weighted by Gasteiger charge is 2.48. The Morgan fingerprint density at radius 1 is 0.365 bits per heavy atom. The normalized spacial score (nSPS) is 13.2. The van der Waals surface area contributed by atoms with Crippen molar-refractivity contribution >= 4 is 70.5 Å². The fourth-order valence-corrected chi connectivity index (χ4v) is 20.5. The van der Waals surface area contributed by atoms with Crippen molar-refractivity contribution in [3.05, 3.63) is 102 Å². The van der Waals surface area contributed by atoms with Crippen molar-refractivity contribution in [2.75, 3.05) is 0 Å². The summed E-state index contributed by atoms with van der Waals surface area (Å²) in [4.78, 5) is 55.5. The van der Waals surface area contributed by atoms with Gasteiger partial charge >= 0.3 is 0 Å². The van der Waals surface area contributed by atoms with Gasteiger partial charge in [-0.1, -0.05) is 107 Å². The lowest BCUT2D eigenvalue weighted by Gasteiger charge is -2.42. The van der Waals surface area contributed by atoms with Gasteiger partial charge in [-0.25, -0.2) is 0 Å². The molecule has 0 heterocycles. The fraction of sp³-hybridized carbons (Fsp3) is 0.409. The molecular formula is C44H52O6Si2. The number of rotatable bonds is 10. The SMILES string of the molecule is CC(C)[Si](Oc1cc2c(=O)ccc(=O)c2c2c1ccc1ccc3c(O[Si](C(C)C)(C(C)C)C(C)C)cc4c(=O)ccc(=O)c4c3c12)(C(C)C)C(C)C. The first-order valence-electron chi connectivity index (χ1n) is 18.8. The van der Waals surface area contributed by atoms with Gasteiger partial charge in [-0.2, -0.15) is 0 Å². The van der Waals surface area contributed by atoms with Crippen LogP contribution in [0.15, 0.2) is 79.8 Å². The van der Waals surface area contributed by atoms with Gasteiger partial charge in [0.1, 0.15) is 11.5 Å². The van der Waals surface area contributed by atoms with E-state index in [1.54, 1.807) is 12.1 Å². The van der Waals surface area contributed by atoms with Crippen molar-refractivity contribution in [2.24, 2.45) is 0 Å². The third kappa shape index (κ3) is 5.47. The van der Waals surface area contributed by atoms with Gasteiger partial charge in [0, 0.05) is 43.1 Å². The quantitative estimate of drug-likeness (QED) is 0.103. The third-order valence-electron chi connectivity index (χ3n) is 12.1. The Labute approximate surface area is 307 Å². The maximum atomic E-state index is 14.0. The van der Waals surface area contributed by atoms with E-state index in [2.05, 4.69) is 83.1 Å². The van der Waals surface area contributed by atoms with E-state index in [-0.39, 0.29) is 65.7 Å². The van der Waals surface area contributed by atoms with Gasteiger partial charge in [0.05, 0.1) is 0 Å². The molecule has 52 heavy (non-hydrogen) atoms. The largest absolute Gasteiger partial charge is 0.542 e. The summed E-state index contributed by atoms with van der Waals surface area (Å²) in [7, 11) is -5.08. The van der Waals surface area contributed by atoms with Crippen LogP contribution in [0.4, 0.5) is 0 Å². The molecule has 0 fully saturated rings. The smallest absolute Gasteiger partial charge is 0.258 e. The van der Waals surface area contributed by atoms with Crippen LogP contribution < -0.4 is 30.6 Å². The summed E-state index contributed by atoms with van der Waals surface area (Å²) in [6.45, 7) is 26.6. The van der Waals surface area contributed by atoms with Crippen LogP contribution >= 0.6 is 0 Å². The molecule has 8 heteroatoms. The van der Waals surface area contributed by atoms with E-state index in [1.807, 2.05) is 24.3 Å². The molecule has 0 atom stereocenters. The van der Waals surface area contributed by atoms with Gasteiger partial charge in [0.2, 0.25) is 0 Å². The fourth-order valence-electron chi connectivity index (χ4n) is 9.99. The minimum absolute atomic E-state index is 0.256. The first-order chi connectivity index (χ1) is 24.4. The predicted octanol–water partition coefficient (Wildman–Crippen LogP) is 10.9. The maximum absolute atomic E-state index is 14.0. The zero-order chi connectivity index (χ0) is 38.2. The number of hydrogen-bond acceptors (Lipinski definition) is 6. The average Bonchev–Trinajstić information content (AvgIpc) is 3.07. The lowest BCUT2D eigenvalue weighted by atomic mass is 9.89. The Kier molecular flexibility index (Phi) is 9.67. The van der Waals surface area contributed by atoms with Crippen molar-refractivity contribution in [2.45, 2.75) is 116 Å². The molecule has 6 aromatic rings. The highest BCUT2D eigenvalue weighted by atomic mass is 28.4. The summed E-state index contributed by atoms with van der Waals surface area (Å²) < 4.78 is 14.7. The van der Waals surface area contributed by atoms with Crippen LogP contribution in [0.1, 0.15) is 83.1 Å². The zero-order valence-electron chi connectivity index (χ0n) is 32.7. The standard InChI is InChI=1S/C44H52O6Si2/c1-23(2)51(24(3)4,25(5)6)49-38-21-32-34(45)17-19-36(47)41(32)43-30(38)15-13-29-14-16-31-39(50-52(26(7)8,27(9)10)28(11)12)22-33-35(46)18-20-37(48)42(33)44(31)40(29)43/h13-28H,1-12H3. The molecule has 0 amide bonds. The summed E-state index contributed by atoms with van der Waals surface area (Å²) in [5, 5.41) is 5.11. The van der Waals surface area contributed by atoms with Crippen LogP contribution in [0.5, 0.6) is 11.5 Å². The summed E-state index contributed by atoms with van der Waals surface area (Å²) in [6.07, 6.45) is 0. The lowest BCUT2D eigenvalue weighted by Crippen LogP contribution is -2.50. The molecule has 6 aromatic carbocycles. The highest BCUT2D eigenvalue weighted by molar-refractivity contribution is 6.79. The Hall–Kier alpha value is -4.15.